The summed E-state index contributed by atoms with van der Waals surface area (Å²) in [5.41, 5.74) is -2.54. The molecule has 9 heteroatoms. The molecule has 0 aliphatic heterocycles. The largest absolute Gasteiger partial charge is 0.506 e. The zero-order chi connectivity index (χ0) is 20.8. The maximum Gasteiger partial charge on any atom is 0.343 e. The first-order valence-electron chi connectivity index (χ1n) is 8.21. The van der Waals surface area contributed by atoms with Gasteiger partial charge in [0.15, 0.2) is 23.3 Å². The molecule has 1 aromatic rings. The first-order chi connectivity index (χ1) is 12.6. The van der Waals surface area contributed by atoms with E-state index in [1.54, 1.807) is 13.8 Å². The number of aliphatic hydroxyl groups is 2. The predicted octanol–water partition coefficient (Wildman–Crippen LogP) is 3.70. The van der Waals surface area contributed by atoms with Crippen molar-refractivity contribution in [1.82, 2.24) is 0 Å². The van der Waals surface area contributed by atoms with Crippen molar-refractivity contribution < 1.29 is 37.3 Å². The second-order valence-electron chi connectivity index (χ2n) is 5.91. The molecule has 150 valence electrons. The molecule has 0 bridgehead atoms. The molecule has 27 heavy (non-hydrogen) atoms. The van der Waals surface area contributed by atoms with E-state index < -0.39 is 51.7 Å². The summed E-state index contributed by atoms with van der Waals surface area (Å²) in [4.78, 5) is 16.2. The van der Waals surface area contributed by atoms with E-state index in [0.29, 0.717) is 6.42 Å². The Kier molecular flexibility index (Phi) is 7.96. The minimum Gasteiger partial charge on any atom is -0.506 e. The van der Waals surface area contributed by atoms with E-state index in [1.165, 1.54) is 6.92 Å². The summed E-state index contributed by atoms with van der Waals surface area (Å²) in [5, 5.41) is 19.3. The van der Waals surface area contributed by atoms with Gasteiger partial charge in [0, 0.05) is 12.8 Å². The van der Waals surface area contributed by atoms with E-state index >= 15 is 0 Å². The lowest BCUT2D eigenvalue weighted by Crippen LogP contribution is -2.23. The summed E-state index contributed by atoms with van der Waals surface area (Å²) in [6.07, 6.45) is 1.56. The van der Waals surface area contributed by atoms with Crippen molar-refractivity contribution >= 4 is 17.9 Å². The fourth-order valence-electron chi connectivity index (χ4n) is 2.10. The Labute approximate surface area is 154 Å². The number of aliphatic imine (C=N–C) groups is 1. The van der Waals surface area contributed by atoms with E-state index in [0.717, 1.165) is 6.21 Å². The van der Waals surface area contributed by atoms with Crippen LogP contribution in [0.1, 0.15) is 39.2 Å². The number of rotatable bonds is 8. The van der Waals surface area contributed by atoms with Crippen molar-refractivity contribution in [2.75, 3.05) is 13.2 Å². The van der Waals surface area contributed by atoms with Crippen LogP contribution in [0.4, 0.5) is 17.6 Å². The number of hydrogen-bond donors (Lipinski definition) is 2. The number of benzene rings is 1. The average Bonchev–Trinajstić information content (AvgIpc) is 2.63. The summed E-state index contributed by atoms with van der Waals surface area (Å²) in [6.45, 7) is 4.61. The Morgan fingerprint density at radius 2 is 1.85 bits per heavy atom. The number of halogens is 4. The lowest BCUT2D eigenvalue weighted by molar-refractivity contribution is -0.137. The van der Waals surface area contributed by atoms with Crippen molar-refractivity contribution in [2.24, 2.45) is 4.99 Å². The second-order valence-corrected chi connectivity index (χ2v) is 5.91. The van der Waals surface area contributed by atoms with Crippen molar-refractivity contribution in [3.8, 4) is 0 Å². The molecule has 1 rings (SSSR count). The van der Waals surface area contributed by atoms with Gasteiger partial charge in [-0.15, -0.1) is 0 Å². The van der Waals surface area contributed by atoms with Gasteiger partial charge in [0.2, 0.25) is 0 Å². The van der Waals surface area contributed by atoms with E-state index in [-0.39, 0.29) is 25.7 Å². The molecular formula is C18H21F4NO4. The van der Waals surface area contributed by atoms with Gasteiger partial charge in [-0.2, -0.15) is 0 Å². The lowest BCUT2D eigenvalue weighted by atomic mass is 9.96. The van der Waals surface area contributed by atoms with Crippen LogP contribution in [0.2, 0.25) is 0 Å². The maximum atomic E-state index is 14.0. The zero-order valence-electron chi connectivity index (χ0n) is 15.2. The van der Waals surface area contributed by atoms with Crippen LogP contribution in [0, 0.1) is 23.3 Å². The molecule has 0 heterocycles. The lowest BCUT2D eigenvalue weighted by Gasteiger charge is -2.22. The third-order valence-electron chi connectivity index (χ3n) is 4.03. The number of carbonyl (C=O) groups is 1. The van der Waals surface area contributed by atoms with Crippen LogP contribution in [0.25, 0.3) is 5.76 Å². The first kappa shape index (κ1) is 22.6. The number of carbonyl (C=O) groups excluding carboxylic acids is 1. The highest BCUT2D eigenvalue weighted by Gasteiger charge is 2.26. The molecule has 1 unspecified atom stereocenters. The van der Waals surface area contributed by atoms with Gasteiger partial charge in [-0.25, -0.2) is 22.4 Å². The zero-order valence-corrected chi connectivity index (χ0v) is 15.2. The Morgan fingerprint density at radius 1 is 1.22 bits per heavy atom. The SMILES string of the molecule is CCOC(=O)C(C=NC(C)(CC)CCO)=C(O)c1cc(F)c(F)c(F)c1F. The molecule has 5 nitrogen and oxygen atoms in total. The van der Waals surface area contributed by atoms with Crippen LogP contribution in [0.15, 0.2) is 16.6 Å². The summed E-state index contributed by atoms with van der Waals surface area (Å²) < 4.78 is 58.7. The smallest absolute Gasteiger partial charge is 0.343 e. The third kappa shape index (κ3) is 5.29. The minimum absolute atomic E-state index is 0.0975. The molecule has 0 amide bonds. The van der Waals surface area contributed by atoms with Crippen molar-refractivity contribution in [1.29, 1.82) is 0 Å². The van der Waals surface area contributed by atoms with Crippen LogP contribution in [-0.4, -0.2) is 41.1 Å². The topological polar surface area (TPSA) is 79.1 Å². The molecule has 0 saturated carbocycles. The number of nitrogens with zero attached hydrogens (tertiary/aromatic N) is 1. The van der Waals surface area contributed by atoms with E-state index in [1.807, 2.05) is 0 Å². The molecule has 0 aliphatic carbocycles. The van der Waals surface area contributed by atoms with Gasteiger partial charge >= 0.3 is 5.97 Å². The van der Waals surface area contributed by atoms with Crippen LogP contribution < -0.4 is 0 Å². The van der Waals surface area contributed by atoms with Crippen LogP contribution in [0.3, 0.4) is 0 Å². The highest BCUT2D eigenvalue weighted by molar-refractivity contribution is 6.15. The molecule has 1 aromatic carbocycles. The maximum absolute atomic E-state index is 14.0. The molecule has 0 spiro atoms. The van der Waals surface area contributed by atoms with Gasteiger partial charge < -0.3 is 14.9 Å². The summed E-state index contributed by atoms with van der Waals surface area (Å²) in [5.74, 6) is -10.1. The highest BCUT2D eigenvalue weighted by Crippen LogP contribution is 2.26. The molecule has 0 radical (unpaired) electrons. The van der Waals surface area contributed by atoms with Gasteiger partial charge in [0.1, 0.15) is 11.3 Å². The Balaban J connectivity index is 3.57. The van der Waals surface area contributed by atoms with Crippen molar-refractivity contribution in [2.45, 2.75) is 39.2 Å². The molecule has 0 fully saturated rings. The van der Waals surface area contributed by atoms with Crippen LogP contribution in [-0.2, 0) is 9.53 Å². The quantitative estimate of drug-likeness (QED) is 0.135. The van der Waals surface area contributed by atoms with E-state index in [2.05, 4.69) is 4.99 Å². The van der Waals surface area contributed by atoms with Crippen LogP contribution in [0.5, 0.6) is 0 Å². The number of aliphatic hydroxyl groups excluding tert-OH is 2. The molecular weight excluding hydrogens is 370 g/mol. The van der Waals surface area contributed by atoms with Crippen LogP contribution >= 0.6 is 0 Å². The van der Waals surface area contributed by atoms with E-state index in [9.17, 15) is 27.5 Å². The third-order valence-corrected chi connectivity index (χ3v) is 4.03. The second kappa shape index (κ2) is 9.50. The predicted molar refractivity (Wildman–Crippen MR) is 91.3 cm³/mol. The van der Waals surface area contributed by atoms with Crippen molar-refractivity contribution in [3.63, 3.8) is 0 Å². The molecule has 0 aliphatic rings. The number of esters is 1. The summed E-state index contributed by atoms with van der Waals surface area (Å²) >= 11 is 0. The van der Waals surface area contributed by atoms with Gasteiger partial charge in [-0.3, -0.25) is 4.99 Å². The average molecular weight is 391 g/mol. The normalized spacial score (nSPS) is 14.8. The molecule has 0 saturated heterocycles. The number of ether oxygens (including phenoxy) is 1. The Bertz CT molecular complexity index is 764. The fourth-order valence-corrected chi connectivity index (χ4v) is 2.10. The van der Waals surface area contributed by atoms with Crippen molar-refractivity contribution in [3.05, 3.63) is 40.5 Å². The van der Waals surface area contributed by atoms with Gasteiger partial charge in [-0.05, 0) is 32.8 Å². The van der Waals surface area contributed by atoms with Gasteiger partial charge in [0.05, 0.1) is 17.7 Å². The standard InChI is InChI=1S/C18H21F4NO4/c1-4-18(3,6-7-24)23-9-11(17(26)27-5-2)16(25)10-8-12(19)14(21)15(22)13(10)20/h8-9,24-25H,4-7H2,1-3H3. The Hall–Kier alpha value is -2.42. The monoisotopic (exact) mass is 391 g/mol. The van der Waals surface area contributed by atoms with E-state index in [4.69, 9.17) is 9.84 Å². The fraction of sp³-hybridized carbons (Fsp3) is 0.444. The van der Waals surface area contributed by atoms with Gasteiger partial charge in [-0.1, -0.05) is 6.92 Å². The molecule has 0 aromatic heterocycles. The number of hydrogen-bond acceptors (Lipinski definition) is 5. The molecule has 1 atom stereocenters. The minimum atomic E-state index is -2.13. The highest BCUT2D eigenvalue weighted by atomic mass is 19.2. The Morgan fingerprint density at radius 3 is 2.37 bits per heavy atom. The molecule has 2 N–H and O–H groups in total. The summed E-state index contributed by atoms with van der Waals surface area (Å²) in [7, 11) is 0. The van der Waals surface area contributed by atoms with Gasteiger partial charge in [0.25, 0.3) is 0 Å². The first-order valence-corrected chi connectivity index (χ1v) is 8.21. The summed E-state index contributed by atoms with van der Waals surface area (Å²) in [6, 6.07) is 0.225.